The highest BCUT2D eigenvalue weighted by Crippen LogP contribution is 2.29. The maximum atomic E-state index is 6.09. The SMILES string of the molecule is Cc1ccc(Cl)cc1-n1nnc(CN)c1C(C)(C)C. The fourth-order valence-corrected chi connectivity index (χ4v) is 2.35. The zero-order valence-corrected chi connectivity index (χ0v) is 12.5. The molecule has 0 spiro atoms. The van der Waals surface area contributed by atoms with E-state index in [2.05, 4.69) is 31.1 Å². The predicted molar refractivity (Wildman–Crippen MR) is 77.7 cm³/mol. The second-order valence-corrected chi connectivity index (χ2v) is 6.12. The van der Waals surface area contributed by atoms with Crippen LogP contribution < -0.4 is 5.73 Å². The summed E-state index contributed by atoms with van der Waals surface area (Å²) in [5.74, 6) is 0. The summed E-state index contributed by atoms with van der Waals surface area (Å²) < 4.78 is 1.85. The number of hydrogen-bond acceptors (Lipinski definition) is 3. The third kappa shape index (κ3) is 2.65. The molecule has 0 fully saturated rings. The van der Waals surface area contributed by atoms with E-state index in [1.54, 1.807) is 0 Å². The third-order valence-electron chi connectivity index (χ3n) is 3.04. The van der Waals surface area contributed by atoms with Crippen molar-refractivity contribution in [2.45, 2.75) is 39.7 Å². The Morgan fingerprint density at radius 1 is 1.32 bits per heavy atom. The average molecular weight is 279 g/mol. The van der Waals surface area contributed by atoms with Gasteiger partial charge in [0.2, 0.25) is 0 Å². The van der Waals surface area contributed by atoms with E-state index in [-0.39, 0.29) is 5.41 Å². The van der Waals surface area contributed by atoms with Crippen LogP contribution in [-0.4, -0.2) is 15.0 Å². The van der Waals surface area contributed by atoms with E-state index in [1.807, 2.05) is 29.8 Å². The van der Waals surface area contributed by atoms with Crippen molar-refractivity contribution >= 4 is 11.6 Å². The number of benzene rings is 1. The largest absolute Gasteiger partial charge is 0.325 e. The molecule has 2 rings (SSSR count). The Morgan fingerprint density at radius 2 is 2.00 bits per heavy atom. The molecule has 4 nitrogen and oxygen atoms in total. The van der Waals surface area contributed by atoms with Gasteiger partial charge in [-0.15, -0.1) is 5.10 Å². The third-order valence-corrected chi connectivity index (χ3v) is 3.28. The molecule has 2 aromatic rings. The topological polar surface area (TPSA) is 56.7 Å². The van der Waals surface area contributed by atoms with Crippen LogP contribution in [0.1, 0.15) is 37.7 Å². The molecule has 0 aliphatic carbocycles. The second kappa shape index (κ2) is 4.94. The molecule has 19 heavy (non-hydrogen) atoms. The molecule has 1 aromatic carbocycles. The minimum absolute atomic E-state index is 0.0903. The lowest BCUT2D eigenvalue weighted by atomic mass is 9.90. The Morgan fingerprint density at radius 3 is 2.58 bits per heavy atom. The van der Waals surface area contributed by atoms with Gasteiger partial charge in [0, 0.05) is 17.0 Å². The van der Waals surface area contributed by atoms with Crippen LogP contribution in [0.4, 0.5) is 0 Å². The van der Waals surface area contributed by atoms with Crippen LogP contribution in [0.25, 0.3) is 5.69 Å². The Hall–Kier alpha value is -1.39. The summed E-state index contributed by atoms with van der Waals surface area (Å²) in [5, 5.41) is 9.13. The molecule has 0 bridgehead atoms. The van der Waals surface area contributed by atoms with Gasteiger partial charge in [-0.25, -0.2) is 4.68 Å². The zero-order valence-electron chi connectivity index (χ0n) is 11.7. The summed E-state index contributed by atoms with van der Waals surface area (Å²) in [4.78, 5) is 0. The summed E-state index contributed by atoms with van der Waals surface area (Å²) in [5.41, 5.74) is 9.58. The summed E-state index contributed by atoms with van der Waals surface area (Å²) in [6.07, 6.45) is 0. The normalized spacial score (nSPS) is 11.9. The monoisotopic (exact) mass is 278 g/mol. The maximum absolute atomic E-state index is 6.09. The first-order chi connectivity index (χ1) is 8.84. The first-order valence-electron chi connectivity index (χ1n) is 6.26. The van der Waals surface area contributed by atoms with Crippen molar-refractivity contribution in [3.05, 3.63) is 40.2 Å². The fraction of sp³-hybridized carbons (Fsp3) is 0.429. The van der Waals surface area contributed by atoms with E-state index in [4.69, 9.17) is 17.3 Å². The summed E-state index contributed by atoms with van der Waals surface area (Å²) in [7, 11) is 0. The molecule has 0 saturated carbocycles. The lowest BCUT2D eigenvalue weighted by molar-refractivity contribution is 0.537. The first kappa shape index (κ1) is 14.0. The van der Waals surface area contributed by atoms with Crippen molar-refractivity contribution in [2.24, 2.45) is 5.73 Å². The molecule has 0 amide bonds. The molecule has 5 heteroatoms. The lowest BCUT2D eigenvalue weighted by Crippen LogP contribution is -2.21. The van der Waals surface area contributed by atoms with Crippen LogP contribution >= 0.6 is 11.6 Å². The van der Waals surface area contributed by atoms with Gasteiger partial charge in [-0.1, -0.05) is 43.7 Å². The Balaban J connectivity index is 2.69. The number of rotatable bonds is 2. The highest BCUT2D eigenvalue weighted by molar-refractivity contribution is 6.30. The van der Waals surface area contributed by atoms with Crippen molar-refractivity contribution < 1.29 is 0 Å². The van der Waals surface area contributed by atoms with Crippen LogP contribution in [-0.2, 0) is 12.0 Å². The molecule has 1 heterocycles. The average Bonchev–Trinajstić information content (AvgIpc) is 2.75. The van der Waals surface area contributed by atoms with Crippen LogP contribution in [0.5, 0.6) is 0 Å². The number of halogens is 1. The number of nitrogens with two attached hydrogens (primary N) is 1. The van der Waals surface area contributed by atoms with E-state index in [0.717, 1.165) is 22.6 Å². The molecule has 2 N–H and O–H groups in total. The summed E-state index contributed by atoms with van der Waals surface area (Å²) in [6.45, 7) is 8.79. The minimum Gasteiger partial charge on any atom is -0.325 e. The van der Waals surface area contributed by atoms with E-state index in [0.29, 0.717) is 11.6 Å². The standard InChI is InChI=1S/C14H19ClN4/c1-9-5-6-10(15)7-12(9)19-13(14(2,3)4)11(8-16)17-18-19/h5-7H,8,16H2,1-4H3. The lowest BCUT2D eigenvalue weighted by Gasteiger charge is -2.21. The number of aromatic nitrogens is 3. The highest BCUT2D eigenvalue weighted by Gasteiger charge is 2.25. The molecule has 0 unspecified atom stereocenters. The van der Waals surface area contributed by atoms with Gasteiger partial charge < -0.3 is 5.73 Å². The maximum Gasteiger partial charge on any atom is 0.100 e. The van der Waals surface area contributed by atoms with Crippen molar-refractivity contribution in [2.75, 3.05) is 0 Å². The number of aryl methyl sites for hydroxylation is 1. The molecule has 0 atom stereocenters. The van der Waals surface area contributed by atoms with Gasteiger partial charge >= 0.3 is 0 Å². The molecule has 0 aliphatic rings. The number of nitrogens with zero attached hydrogens (tertiary/aromatic N) is 3. The van der Waals surface area contributed by atoms with E-state index < -0.39 is 0 Å². The molecule has 102 valence electrons. The van der Waals surface area contributed by atoms with Gasteiger partial charge in [-0.3, -0.25) is 0 Å². The van der Waals surface area contributed by atoms with Gasteiger partial charge in [0.1, 0.15) is 5.69 Å². The molecule has 0 radical (unpaired) electrons. The van der Waals surface area contributed by atoms with E-state index in [9.17, 15) is 0 Å². The molecule has 1 aromatic heterocycles. The predicted octanol–water partition coefficient (Wildman–Crippen LogP) is 2.99. The number of hydrogen-bond donors (Lipinski definition) is 1. The van der Waals surface area contributed by atoms with Crippen molar-refractivity contribution in [1.82, 2.24) is 15.0 Å². The molecule has 0 saturated heterocycles. The molecule has 0 aliphatic heterocycles. The Bertz CT molecular complexity index is 596. The zero-order chi connectivity index (χ0) is 14.2. The second-order valence-electron chi connectivity index (χ2n) is 5.68. The van der Waals surface area contributed by atoms with Crippen molar-refractivity contribution in [3.63, 3.8) is 0 Å². The first-order valence-corrected chi connectivity index (χ1v) is 6.64. The van der Waals surface area contributed by atoms with E-state index >= 15 is 0 Å². The fourth-order valence-electron chi connectivity index (χ4n) is 2.18. The van der Waals surface area contributed by atoms with Crippen LogP contribution in [0.3, 0.4) is 0 Å². The Labute approximate surface area is 118 Å². The van der Waals surface area contributed by atoms with Crippen molar-refractivity contribution in [3.8, 4) is 5.69 Å². The van der Waals surface area contributed by atoms with Gasteiger partial charge in [-0.05, 0) is 24.6 Å². The van der Waals surface area contributed by atoms with Gasteiger partial charge in [0.25, 0.3) is 0 Å². The van der Waals surface area contributed by atoms with Crippen LogP contribution in [0.2, 0.25) is 5.02 Å². The van der Waals surface area contributed by atoms with E-state index in [1.165, 1.54) is 0 Å². The van der Waals surface area contributed by atoms with Crippen molar-refractivity contribution in [1.29, 1.82) is 0 Å². The minimum atomic E-state index is -0.0903. The molecular weight excluding hydrogens is 260 g/mol. The van der Waals surface area contributed by atoms with Gasteiger partial charge in [0.05, 0.1) is 11.4 Å². The molecular formula is C14H19ClN4. The van der Waals surface area contributed by atoms with Crippen LogP contribution in [0, 0.1) is 6.92 Å². The van der Waals surface area contributed by atoms with Gasteiger partial charge in [0.15, 0.2) is 0 Å². The quantitative estimate of drug-likeness (QED) is 0.919. The summed E-state index contributed by atoms with van der Waals surface area (Å²) >= 11 is 6.09. The summed E-state index contributed by atoms with van der Waals surface area (Å²) in [6, 6.07) is 5.76. The highest BCUT2D eigenvalue weighted by atomic mass is 35.5. The van der Waals surface area contributed by atoms with Gasteiger partial charge in [-0.2, -0.15) is 0 Å². The smallest absolute Gasteiger partial charge is 0.100 e. The van der Waals surface area contributed by atoms with Crippen LogP contribution in [0.15, 0.2) is 18.2 Å². The Kier molecular flexibility index (Phi) is 3.65.